The number of aryl methyl sites for hydroxylation is 1. The lowest BCUT2D eigenvalue weighted by molar-refractivity contribution is -0.139. The third-order valence-electron chi connectivity index (χ3n) is 6.10. The number of amides is 1. The first-order valence-electron chi connectivity index (χ1n) is 9.67. The number of rotatable bonds is 4. The molecule has 0 bridgehead atoms. The van der Waals surface area contributed by atoms with Gasteiger partial charge in [0.1, 0.15) is 0 Å². The van der Waals surface area contributed by atoms with Crippen molar-refractivity contribution in [2.45, 2.75) is 39.2 Å². The van der Waals surface area contributed by atoms with Gasteiger partial charge in [0, 0.05) is 31.9 Å². The monoisotopic (exact) mass is 343 g/mol. The molecule has 3 aliphatic rings. The second-order valence-electron chi connectivity index (χ2n) is 8.10. The molecule has 0 radical (unpaired) electrons. The summed E-state index contributed by atoms with van der Waals surface area (Å²) in [6.07, 6.45) is 4.34. The Kier molecular flexibility index (Phi) is 4.78. The van der Waals surface area contributed by atoms with Crippen LogP contribution >= 0.6 is 0 Å². The van der Waals surface area contributed by atoms with Crippen LogP contribution in [-0.2, 0) is 16.1 Å². The average Bonchev–Trinajstić information content (AvgIpc) is 3.20. The summed E-state index contributed by atoms with van der Waals surface area (Å²) < 4.78 is 5.52. The summed E-state index contributed by atoms with van der Waals surface area (Å²) in [4.78, 5) is 22.3. The van der Waals surface area contributed by atoms with E-state index >= 15 is 0 Å². The lowest BCUT2D eigenvalue weighted by Crippen LogP contribution is -2.49. The van der Waals surface area contributed by atoms with E-state index < -0.39 is 0 Å². The predicted molar refractivity (Wildman–Crippen MR) is 96.0 cm³/mol. The first kappa shape index (κ1) is 17.0. The van der Waals surface area contributed by atoms with Crippen molar-refractivity contribution >= 4 is 5.91 Å². The fourth-order valence-electron chi connectivity index (χ4n) is 4.78. The summed E-state index contributed by atoms with van der Waals surface area (Å²) in [6.45, 7) is 8.47. The van der Waals surface area contributed by atoms with Gasteiger partial charge in [0.05, 0.1) is 24.3 Å². The molecule has 2 atom stereocenters. The van der Waals surface area contributed by atoms with Crippen LogP contribution in [-0.4, -0.2) is 60.1 Å². The number of nitrogens with zero attached hydrogens (tertiary/aromatic N) is 3. The Morgan fingerprint density at radius 1 is 1.32 bits per heavy atom. The molecule has 1 spiro atoms. The first-order valence-corrected chi connectivity index (χ1v) is 9.67. The molecule has 5 heteroatoms. The minimum Gasteiger partial charge on any atom is -0.381 e. The average molecular weight is 343 g/mol. The fraction of sp³-hybridized carbons (Fsp3) is 0.700. The van der Waals surface area contributed by atoms with Gasteiger partial charge in [-0.25, -0.2) is 0 Å². The molecule has 25 heavy (non-hydrogen) atoms. The summed E-state index contributed by atoms with van der Waals surface area (Å²) in [5, 5.41) is 0. The van der Waals surface area contributed by atoms with Crippen LogP contribution in [0.3, 0.4) is 0 Å². The van der Waals surface area contributed by atoms with Gasteiger partial charge >= 0.3 is 0 Å². The van der Waals surface area contributed by atoms with Crippen molar-refractivity contribution in [3.05, 3.63) is 29.6 Å². The molecule has 3 saturated heterocycles. The summed E-state index contributed by atoms with van der Waals surface area (Å²) in [5.74, 6) is 1.00. The topological polar surface area (TPSA) is 45.7 Å². The van der Waals surface area contributed by atoms with E-state index in [2.05, 4.69) is 9.88 Å². The van der Waals surface area contributed by atoms with E-state index in [1.807, 2.05) is 30.0 Å². The number of likely N-dealkylation sites (tertiary alicyclic amines) is 2. The third kappa shape index (κ3) is 3.58. The Morgan fingerprint density at radius 2 is 2.24 bits per heavy atom. The Morgan fingerprint density at radius 3 is 3.04 bits per heavy atom. The van der Waals surface area contributed by atoms with Gasteiger partial charge in [0.15, 0.2) is 0 Å². The van der Waals surface area contributed by atoms with Gasteiger partial charge in [-0.2, -0.15) is 0 Å². The molecule has 1 amide bonds. The molecule has 3 fully saturated rings. The van der Waals surface area contributed by atoms with Crippen LogP contribution in [0.25, 0.3) is 0 Å². The molecule has 136 valence electrons. The number of ether oxygens (including phenoxy) is 1. The number of aromatic nitrogens is 1. The highest BCUT2D eigenvalue weighted by molar-refractivity contribution is 5.85. The minimum atomic E-state index is -0.151. The third-order valence-corrected chi connectivity index (χ3v) is 6.10. The molecule has 0 saturated carbocycles. The Hall–Kier alpha value is -1.46. The van der Waals surface area contributed by atoms with Gasteiger partial charge in [-0.05, 0) is 57.2 Å². The van der Waals surface area contributed by atoms with E-state index in [4.69, 9.17) is 4.74 Å². The first-order chi connectivity index (χ1) is 12.1. The summed E-state index contributed by atoms with van der Waals surface area (Å²) >= 11 is 0. The number of carbonyl (C=O) groups is 1. The van der Waals surface area contributed by atoms with Crippen molar-refractivity contribution in [2.24, 2.45) is 11.3 Å². The van der Waals surface area contributed by atoms with Crippen LogP contribution < -0.4 is 0 Å². The van der Waals surface area contributed by atoms with E-state index in [0.29, 0.717) is 18.4 Å². The second kappa shape index (κ2) is 7.04. The van der Waals surface area contributed by atoms with Gasteiger partial charge in [-0.3, -0.25) is 9.78 Å². The normalized spacial score (nSPS) is 30.5. The van der Waals surface area contributed by atoms with E-state index in [1.54, 1.807) is 0 Å². The zero-order valence-electron chi connectivity index (χ0n) is 15.2. The molecule has 1 aromatic heterocycles. The van der Waals surface area contributed by atoms with Crippen LogP contribution in [0.2, 0.25) is 0 Å². The molecular formula is C20H29N3O2. The zero-order chi connectivity index (χ0) is 17.3. The maximum absolute atomic E-state index is 13.2. The molecule has 2 unspecified atom stereocenters. The molecule has 0 aromatic carbocycles. The van der Waals surface area contributed by atoms with Gasteiger partial charge in [0.2, 0.25) is 5.91 Å². The maximum Gasteiger partial charge on any atom is 0.230 e. The molecule has 0 aliphatic carbocycles. The van der Waals surface area contributed by atoms with Gasteiger partial charge < -0.3 is 14.5 Å². The maximum atomic E-state index is 13.2. The quantitative estimate of drug-likeness (QED) is 0.841. The van der Waals surface area contributed by atoms with Crippen molar-refractivity contribution in [2.75, 3.05) is 39.4 Å². The van der Waals surface area contributed by atoms with Gasteiger partial charge in [-0.15, -0.1) is 0 Å². The number of hydrogen-bond donors (Lipinski definition) is 0. The highest BCUT2D eigenvalue weighted by Crippen LogP contribution is 2.41. The van der Waals surface area contributed by atoms with Crippen molar-refractivity contribution in [3.8, 4) is 0 Å². The Labute approximate surface area is 150 Å². The minimum absolute atomic E-state index is 0.151. The van der Waals surface area contributed by atoms with Crippen LogP contribution in [0.1, 0.15) is 37.1 Å². The van der Waals surface area contributed by atoms with E-state index in [0.717, 1.165) is 70.0 Å². The number of piperidine rings is 1. The van der Waals surface area contributed by atoms with E-state index in [9.17, 15) is 4.79 Å². The highest BCUT2D eigenvalue weighted by Gasteiger charge is 2.48. The summed E-state index contributed by atoms with van der Waals surface area (Å²) in [6, 6.07) is 6.06. The highest BCUT2D eigenvalue weighted by atomic mass is 16.5. The molecule has 3 aliphatic heterocycles. The zero-order valence-corrected chi connectivity index (χ0v) is 15.2. The molecule has 4 rings (SSSR count). The van der Waals surface area contributed by atoms with Gasteiger partial charge in [-0.1, -0.05) is 6.07 Å². The van der Waals surface area contributed by atoms with Crippen molar-refractivity contribution in [1.82, 2.24) is 14.8 Å². The molecule has 0 N–H and O–H groups in total. The number of pyridine rings is 1. The summed E-state index contributed by atoms with van der Waals surface area (Å²) in [5.41, 5.74) is 1.87. The summed E-state index contributed by atoms with van der Waals surface area (Å²) in [7, 11) is 0. The number of carbonyl (C=O) groups excluding carboxylic acids is 1. The van der Waals surface area contributed by atoms with Crippen LogP contribution in [0, 0.1) is 18.3 Å². The lowest BCUT2D eigenvalue weighted by atomic mass is 9.78. The van der Waals surface area contributed by atoms with Crippen LogP contribution in [0.15, 0.2) is 18.2 Å². The smallest absolute Gasteiger partial charge is 0.230 e. The molecule has 4 heterocycles. The largest absolute Gasteiger partial charge is 0.381 e. The van der Waals surface area contributed by atoms with Gasteiger partial charge in [0.25, 0.3) is 0 Å². The molecular weight excluding hydrogens is 314 g/mol. The SMILES string of the molecule is Cc1cccc(CN2CCC3(CCCN(CC4CCOC4)C3)C2=O)n1. The van der Waals surface area contributed by atoms with Crippen molar-refractivity contribution < 1.29 is 9.53 Å². The Bertz CT molecular complexity index is 629. The fourth-order valence-corrected chi connectivity index (χ4v) is 4.78. The molecule has 5 nitrogen and oxygen atoms in total. The Balaban J connectivity index is 1.40. The van der Waals surface area contributed by atoms with E-state index in [1.165, 1.54) is 6.42 Å². The molecule has 1 aromatic rings. The lowest BCUT2D eigenvalue weighted by Gasteiger charge is -2.40. The predicted octanol–water partition coefficient (Wildman–Crippen LogP) is 2.24. The van der Waals surface area contributed by atoms with E-state index in [-0.39, 0.29) is 5.41 Å². The second-order valence-corrected chi connectivity index (χ2v) is 8.10. The van der Waals surface area contributed by atoms with Crippen LogP contribution in [0.5, 0.6) is 0 Å². The van der Waals surface area contributed by atoms with Crippen molar-refractivity contribution in [3.63, 3.8) is 0 Å². The number of hydrogen-bond acceptors (Lipinski definition) is 4. The van der Waals surface area contributed by atoms with Crippen molar-refractivity contribution in [1.29, 1.82) is 0 Å². The standard InChI is InChI=1S/C20H29N3O2/c1-16-4-2-5-18(21-16)13-23-10-8-20(19(23)24)7-3-9-22(15-20)12-17-6-11-25-14-17/h2,4-5,17H,3,6-15H2,1H3. The van der Waals surface area contributed by atoms with Crippen LogP contribution in [0.4, 0.5) is 0 Å².